The molecule has 7 nitrogen and oxygen atoms in total. The predicted octanol–water partition coefficient (Wildman–Crippen LogP) is 2.91. The molecule has 0 atom stereocenters. The molecule has 0 radical (unpaired) electrons. The molecule has 2 aliphatic heterocycles. The maximum Gasteiger partial charge on any atom is 0.265 e. The zero-order valence-corrected chi connectivity index (χ0v) is 17.8. The molecule has 0 N–H and O–H groups in total. The quantitative estimate of drug-likeness (QED) is 0.669. The van der Waals surface area contributed by atoms with Crippen LogP contribution in [0.15, 0.2) is 36.4 Å². The van der Waals surface area contributed by atoms with Gasteiger partial charge in [-0.2, -0.15) is 0 Å². The summed E-state index contributed by atoms with van der Waals surface area (Å²) in [5.41, 5.74) is 2.85. The number of ether oxygens (including phenoxy) is 2. The van der Waals surface area contributed by atoms with Crippen LogP contribution in [-0.4, -0.2) is 55.3 Å². The lowest BCUT2D eigenvalue weighted by molar-refractivity contribution is -0.131. The first-order valence-corrected chi connectivity index (χ1v) is 10.5. The van der Waals surface area contributed by atoms with Gasteiger partial charge in [0.25, 0.3) is 5.91 Å². The fourth-order valence-electron chi connectivity index (χ4n) is 3.84. The maximum atomic E-state index is 12.8. The predicted molar refractivity (Wildman–Crippen MR) is 116 cm³/mol. The van der Waals surface area contributed by atoms with Gasteiger partial charge in [-0.15, -0.1) is 0 Å². The van der Waals surface area contributed by atoms with E-state index in [2.05, 4.69) is 0 Å². The minimum Gasteiger partial charge on any atom is -0.485 e. The molecule has 2 heterocycles. The van der Waals surface area contributed by atoms with Crippen LogP contribution in [0.25, 0.3) is 0 Å². The SMILES string of the molecule is Cc1ccc(C)c(OCC(=O)c2ccc3c(c2)N(CC(=O)N2CCCC2)C(=O)CO3)c1. The van der Waals surface area contributed by atoms with Crippen molar-refractivity contribution in [2.75, 3.05) is 37.7 Å². The van der Waals surface area contributed by atoms with Crippen LogP contribution in [0.4, 0.5) is 5.69 Å². The van der Waals surface area contributed by atoms with Crippen LogP contribution in [0, 0.1) is 13.8 Å². The van der Waals surface area contributed by atoms with Crippen molar-refractivity contribution in [1.82, 2.24) is 4.90 Å². The number of carbonyl (C=O) groups is 3. The Morgan fingerprint density at radius 3 is 2.61 bits per heavy atom. The van der Waals surface area contributed by atoms with Crippen molar-refractivity contribution in [1.29, 1.82) is 0 Å². The van der Waals surface area contributed by atoms with E-state index >= 15 is 0 Å². The van der Waals surface area contributed by atoms with Gasteiger partial charge in [-0.3, -0.25) is 19.3 Å². The lowest BCUT2D eigenvalue weighted by atomic mass is 10.1. The molecule has 2 aromatic carbocycles. The summed E-state index contributed by atoms with van der Waals surface area (Å²) in [5.74, 6) is 0.556. The van der Waals surface area contributed by atoms with E-state index in [0.29, 0.717) is 22.7 Å². The van der Waals surface area contributed by atoms with Crippen LogP contribution in [0.1, 0.15) is 34.3 Å². The third-order valence-electron chi connectivity index (χ3n) is 5.68. The Balaban J connectivity index is 1.51. The number of anilines is 1. The minimum absolute atomic E-state index is 0.0498. The number of aryl methyl sites for hydroxylation is 2. The average Bonchev–Trinajstić information content (AvgIpc) is 3.31. The first-order chi connectivity index (χ1) is 14.9. The highest BCUT2D eigenvalue weighted by molar-refractivity contribution is 6.04. The molecule has 31 heavy (non-hydrogen) atoms. The Labute approximate surface area is 181 Å². The topological polar surface area (TPSA) is 76.2 Å². The summed E-state index contributed by atoms with van der Waals surface area (Å²) < 4.78 is 11.2. The Kier molecular flexibility index (Phi) is 5.93. The second-order valence-electron chi connectivity index (χ2n) is 8.02. The number of nitrogens with zero attached hydrogens (tertiary/aromatic N) is 2. The van der Waals surface area contributed by atoms with Gasteiger partial charge in [-0.25, -0.2) is 0 Å². The van der Waals surface area contributed by atoms with Crippen molar-refractivity contribution in [3.63, 3.8) is 0 Å². The van der Waals surface area contributed by atoms with Gasteiger partial charge in [0.05, 0.1) is 5.69 Å². The largest absolute Gasteiger partial charge is 0.485 e. The van der Waals surface area contributed by atoms with Crippen molar-refractivity contribution < 1.29 is 23.9 Å². The van der Waals surface area contributed by atoms with Crippen LogP contribution in [0.5, 0.6) is 11.5 Å². The van der Waals surface area contributed by atoms with Gasteiger partial charge >= 0.3 is 0 Å². The van der Waals surface area contributed by atoms with Crippen LogP contribution in [0.3, 0.4) is 0 Å². The fourth-order valence-corrected chi connectivity index (χ4v) is 3.84. The fraction of sp³-hybridized carbons (Fsp3) is 0.375. The van der Waals surface area contributed by atoms with Crippen LogP contribution < -0.4 is 14.4 Å². The molecule has 4 rings (SSSR count). The first-order valence-electron chi connectivity index (χ1n) is 10.5. The normalized spacial score (nSPS) is 15.5. The number of amides is 2. The van der Waals surface area contributed by atoms with Crippen molar-refractivity contribution in [2.24, 2.45) is 0 Å². The number of likely N-dealkylation sites (tertiary alicyclic amines) is 1. The standard InChI is InChI=1S/C24H26N2O5/c1-16-5-6-17(2)22(11-16)30-14-20(27)18-7-8-21-19(12-18)26(24(29)15-31-21)13-23(28)25-9-3-4-10-25/h5-8,11-12H,3-4,9-10,13-15H2,1-2H3. The summed E-state index contributed by atoms with van der Waals surface area (Å²) >= 11 is 0. The molecular weight excluding hydrogens is 396 g/mol. The van der Waals surface area contributed by atoms with Gasteiger partial charge in [0.15, 0.2) is 19.0 Å². The molecule has 0 unspecified atom stereocenters. The summed E-state index contributed by atoms with van der Waals surface area (Å²) in [7, 11) is 0. The van der Waals surface area contributed by atoms with E-state index in [0.717, 1.165) is 37.1 Å². The van der Waals surface area contributed by atoms with Crippen molar-refractivity contribution in [2.45, 2.75) is 26.7 Å². The van der Waals surface area contributed by atoms with E-state index in [1.165, 1.54) is 4.90 Å². The van der Waals surface area contributed by atoms with Gasteiger partial charge in [-0.1, -0.05) is 12.1 Å². The summed E-state index contributed by atoms with van der Waals surface area (Å²) in [5, 5.41) is 0. The number of Topliss-reactive ketones (excluding diaryl/α,β-unsaturated/α-hetero) is 1. The van der Waals surface area contributed by atoms with E-state index in [1.54, 1.807) is 23.1 Å². The van der Waals surface area contributed by atoms with E-state index in [4.69, 9.17) is 9.47 Å². The third-order valence-corrected chi connectivity index (χ3v) is 5.68. The molecule has 2 aromatic rings. The minimum atomic E-state index is -0.295. The molecular formula is C24H26N2O5. The van der Waals surface area contributed by atoms with Crippen LogP contribution in [0.2, 0.25) is 0 Å². The van der Waals surface area contributed by atoms with Gasteiger partial charge in [0, 0.05) is 18.7 Å². The zero-order valence-electron chi connectivity index (χ0n) is 17.8. The van der Waals surface area contributed by atoms with Crippen molar-refractivity contribution >= 4 is 23.3 Å². The Bertz CT molecular complexity index is 1030. The van der Waals surface area contributed by atoms with Crippen molar-refractivity contribution in [3.8, 4) is 11.5 Å². The molecule has 0 spiro atoms. The summed E-state index contributed by atoms with van der Waals surface area (Å²) in [6.45, 7) is 5.04. The molecule has 0 saturated carbocycles. The second kappa shape index (κ2) is 8.79. The molecule has 7 heteroatoms. The molecule has 2 aliphatic rings. The number of hydrogen-bond acceptors (Lipinski definition) is 5. The lowest BCUT2D eigenvalue weighted by Gasteiger charge is -2.30. The molecule has 2 amide bonds. The first kappa shape index (κ1) is 20.9. The van der Waals surface area contributed by atoms with E-state index in [1.807, 2.05) is 32.0 Å². The van der Waals surface area contributed by atoms with E-state index < -0.39 is 0 Å². The monoisotopic (exact) mass is 422 g/mol. The number of benzene rings is 2. The van der Waals surface area contributed by atoms with Crippen molar-refractivity contribution in [3.05, 3.63) is 53.1 Å². The van der Waals surface area contributed by atoms with Crippen LogP contribution >= 0.6 is 0 Å². The molecule has 0 aromatic heterocycles. The highest BCUT2D eigenvalue weighted by atomic mass is 16.5. The Morgan fingerprint density at radius 1 is 1.06 bits per heavy atom. The number of ketones is 1. The number of hydrogen-bond donors (Lipinski definition) is 0. The Morgan fingerprint density at radius 2 is 1.84 bits per heavy atom. The van der Waals surface area contributed by atoms with Gasteiger partial charge in [0.1, 0.15) is 18.0 Å². The average molecular weight is 422 g/mol. The number of rotatable bonds is 6. The molecule has 1 saturated heterocycles. The van der Waals surface area contributed by atoms with Gasteiger partial charge in [0.2, 0.25) is 5.91 Å². The molecule has 162 valence electrons. The molecule has 1 fully saturated rings. The smallest absolute Gasteiger partial charge is 0.265 e. The lowest BCUT2D eigenvalue weighted by Crippen LogP contribution is -2.46. The zero-order chi connectivity index (χ0) is 22.0. The summed E-state index contributed by atoms with van der Waals surface area (Å²) in [4.78, 5) is 41.1. The number of carbonyl (C=O) groups excluding carboxylic acids is 3. The summed E-state index contributed by atoms with van der Waals surface area (Å²) in [6, 6.07) is 10.8. The van der Waals surface area contributed by atoms with E-state index in [9.17, 15) is 14.4 Å². The third kappa shape index (κ3) is 4.55. The molecule has 0 aliphatic carbocycles. The Hall–Kier alpha value is -3.35. The van der Waals surface area contributed by atoms with Gasteiger partial charge in [-0.05, 0) is 62.1 Å². The van der Waals surface area contributed by atoms with E-state index in [-0.39, 0.29) is 37.4 Å². The number of fused-ring (bicyclic) bond motifs is 1. The van der Waals surface area contributed by atoms with Crippen LogP contribution in [-0.2, 0) is 9.59 Å². The molecule has 0 bridgehead atoms. The highest BCUT2D eigenvalue weighted by Crippen LogP contribution is 2.33. The summed E-state index contributed by atoms with van der Waals surface area (Å²) in [6.07, 6.45) is 1.97. The second-order valence-corrected chi connectivity index (χ2v) is 8.02. The van der Waals surface area contributed by atoms with Gasteiger partial charge < -0.3 is 14.4 Å². The highest BCUT2D eigenvalue weighted by Gasteiger charge is 2.30. The maximum absolute atomic E-state index is 12.8.